The van der Waals surface area contributed by atoms with E-state index in [0.29, 0.717) is 17.1 Å². The van der Waals surface area contributed by atoms with Gasteiger partial charge in [-0.25, -0.2) is 4.98 Å². The summed E-state index contributed by atoms with van der Waals surface area (Å²) in [6, 6.07) is 66.6. The van der Waals surface area contributed by atoms with Crippen LogP contribution in [0.15, 0.2) is 199 Å². The lowest BCUT2D eigenvalue weighted by molar-refractivity contribution is -0.571. The van der Waals surface area contributed by atoms with Gasteiger partial charge < -0.3 is 9.15 Å². The molecule has 0 unspecified atom stereocenters. The van der Waals surface area contributed by atoms with Gasteiger partial charge in [0.1, 0.15) is 28.5 Å². The highest BCUT2D eigenvalue weighted by Gasteiger charge is 2.22. The van der Waals surface area contributed by atoms with Crippen molar-refractivity contribution in [2.24, 2.45) is 0 Å². The van der Waals surface area contributed by atoms with Crippen molar-refractivity contribution in [1.29, 1.82) is 5.26 Å². The van der Waals surface area contributed by atoms with E-state index < -0.39 is 0 Å². The Balaban J connectivity index is 0.991. The fourth-order valence-electron chi connectivity index (χ4n) is 9.41. The van der Waals surface area contributed by atoms with Crippen LogP contribution in [-0.4, -0.2) is 14.1 Å². The Hall–Kier alpha value is -8.73. The zero-order chi connectivity index (χ0) is 44.5. The van der Waals surface area contributed by atoms with Crippen LogP contribution in [-0.2, 0) is 5.41 Å². The van der Waals surface area contributed by atoms with E-state index in [9.17, 15) is 5.26 Å². The number of nitrogens with zero attached hydrogens (tertiary/aromatic N) is 5. The van der Waals surface area contributed by atoms with Crippen molar-refractivity contribution in [3.05, 3.63) is 212 Å². The van der Waals surface area contributed by atoms with Crippen LogP contribution in [0.25, 0.3) is 94.2 Å². The Labute approximate surface area is 381 Å². The SMILES string of the molecule is CC(C)(C)c1ccnc(-n2c3ccccc3c3ccc(Oc4cccc(-n5[c-][n+](-c6c(-c7cccc(C#N)c7)cccc6-c6ccc7oc8ccccc8c7c6)c6ccccc65)c4)cc32)c1. The minimum absolute atomic E-state index is 0.0294. The second-order valence-corrected chi connectivity index (χ2v) is 17.7. The molecule has 8 aromatic carbocycles. The van der Waals surface area contributed by atoms with Crippen molar-refractivity contribution in [1.82, 2.24) is 14.1 Å². The number of furan rings is 1. The van der Waals surface area contributed by atoms with E-state index in [1.165, 1.54) is 5.56 Å². The number of pyridine rings is 1. The maximum Gasteiger partial charge on any atom is 0.269 e. The smallest absolute Gasteiger partial charge is 0.269 e. The van der Waals surface area contributed by atoms with Crippen LogP contribution >= 0.6 is 0 Å². The van der Waals surface area contributed by atoms with Crippen LogP contribution in [0, 0.1) is 17.7 Å². The molecule has 12 aromatic rings. The Kier molecular flexibility index (Phi) is 8.97. The lowest BCUT2D eigenvalue weighted by Crippen LogP contribution is -2.31. The molecule has 4 heterocycles. The monoisotopic (exact) mass is 851 g/mol. The van der Waals surface area contributed by atoms with E-state index in [1.54, 1.807) is 0 Å². The van der Waals surface area contributed by atoms with E-state index in [-0.39, 0.29) is 5.41 Å². The molecule has 0 fully saturated rings. The Morgan fingerprint density at radius 1 is 0.591 bits per heavy atom. The fourth-order valence-corrected chi connectivity index (χ4v) is 9.41. The minimum Gasteiger partial charge on any atom is -0.458 e. The normalized spacial score (nSPS) is 11.8. The van der Waals surface area contributed by atoms with Crippen LogP contribution in [0.4, 0.5) is 0 Å². The van der Waals surface area contributed by atoms with Gasteiger partial charge in [0.15, 0.2) is 0 Å². The molecule has 66 heavy (non-hydrogen) atoms. The third-order valence-electron chi connectivity index (χ3n) is 12.6. The topological polar surface area (TPSA) is 72.8 Å². The van der Waals surface area contributed by atoms with Gasteiger partial charge in [0.2, 0.25) is 0 Å². The molecule has 0 radical (unpaired) electrons. The number of rotatable bonds is 7. The van der Waals surface area contributed by atoms with Crippen LogP contribution in [0.1, 0.15) is 31.9 Å². The number of para-hydroxylation sites is 5. The van der Waals surface area contributed by atoms with E-state index in [2.05, 4.69) is 180 Å². The van der Waals surface area contributed by atoms with E-state index in [0.717, 1.165) is 94.2 Å². The zero-order valence-electron chi connectivity index (χ0n) is 36.5. The summed E-state index contributed by atoms with van der Waals surface area (Å²) in [5.41, 5.74) is 13.3. The number of hydrogen-bond acceptors (Lipinski definition) is 4. The summed E-state index contributed by atoms with van der Waals surface area (Å²) in [6.45, 7) is 6.68. The largest absolute Gasteiger partial charge is 0.458 e. The van der Waals surface area contributed by atoms with Gasteiger partial charge in [0.25, 0.3) is 6.33 Å². The molecule has 0 spiro atoms. The molecule has 0 saturated carbocycles. The van der Waals surface area contributed by atoms with Gasteiger partial charge in [-0.3, -0.25) is 13.7 Å². The number of ether oxygens (including phenoxy) is 1. The Morgan fingerprint density at radius 2 is 1.30 bits per heavy atom. The predicted molar refractivity (Wildman–Crippen MR) is 264 cm³/mol. The summed E-state index contributed by atoms with van der Waals surface area (Å²) in [4.78, 5) is 4.87. The van der Waals surface area contributed by atoms with E-state index in [1.807, 2.05) is 60.8 Å². The molecule has 0 N–H and O–H groups in total. The second kappa shape index (κ2) is 15.2. The summed E-state index contributed by atoms with van der Waals surface area (Å²) >= 11 is 0. The molecular weight excluding hydrogens is 811 g/mol. The van der Waals surface area contributed by atoms with Gasteiger partial charge in [-0.05, 0) is 112 Å². The van der Waals surface area contributed by atoms with E-state index >= 15 is 0 Å². The van der Waals surface area contributed by atoms with E-state index in [4.69, 9.17) is 14.1 Å². The fraction of sp³-hybridized carbons (Fsp3) is 0.0678. The molecule has 0 bridgehead atoms. The summed E-state index contributed by atoms with van der Waals surface area (Å²) in [7, 11) is 0. The van der Waals surface area contributed by atoms with Crippen molar-refractivity contribution in [2.45, 2.75) is 26.2 Å². The highest BCUT2D eigenvalue weighted by molar-refractivity contribution is 6.10. The zero-order valence-corrected chi connectivity index (χ0v) is 36.5. The first-order valence-corrected chi connectivity index (χ1v) is 22.1. The molecule has 12 rings (SSSR count). The van der Waals surface area contributed by atoms with Crippen LogP contribution < -0.4 is 9.30 Å². The highest BCUT2D eigenvalue weighted by Crippen LogP contribution is 2.39. The maximum absolute atomic E-state index is 9.96. The molecule has 7 heteroatoms. The average molecular weight is 852 g/mol. The first kappa shape index (κ1) is 38.9. The van der Waals surface area contributed by atoms with Gasteiger partial charge in [0, 0.05) is 33.8 Å². The van der Waals surface area contributed by atoms with Crippen LogP contribution in [0.3, 0.4) is 0 Å². The number of aromatic nitrogens is 4. The molecule has 0 atom stereocenters. The van der Waals surface area contributed by atoms with Crippen molar-refractivity contribution in [3.8, 4) is 57.0 Å². The van der Waals surface area contributed by atoms with Crippen molar-refractivity contribution < 1.29 is 13.7 Å². The third-order valence-corrected chi connectivity index (χ3v) is 12.6. The first-order valence-electron chi connectivity index (χ1n) is 22.1. The van der Waals surface area contributed by atoms with Gasteiger partial charge in [-0.2, -0.15) is 5.26 Å². The molecule has 0 amide bonds. The molecule has 7 nitrogen and oxygen atoms in total. The molecular formula is C59H41N5O2. The number of hydrogen-bond donors (Lipinski definition) is 0. The number of nitriles is 1. The number of benzene rings is 8. The lowest BCUT2D eigenvalue weighted by atomic mass is 9.88. The number of imidazole rings is 1. The quantitative estimate of drug-likeness (QED) is 0.118. The van der Waals surface area contributed by atoms with Crippen molar-refractivity contribution >= 4 is 54.8 Å². The Bertz CT molecular complexity index is 3930. The van der Waals surface area contributed by atoms with Gasteiger partial charge in [0.05, 0.1) is 45.1 Å². The predicted octanol–water partition coefficient (Wildman–Crippen LogP) is 14.4. The summed E-state index contributed by atoms with van der Waals surface area (Å²) in [5, 5.41) is 14.4. The molecule has 0 aliphatic heterocycles. The summed E-state index contributed by atoms with van der Waals surface area (Å²) < 4.78 is 19.5. The maximum atomic E-state index is 9.96. The molecule has 4 aromatic heterocycles. The minimum atomic E-state index is -0.0294. The van der Waals surface area contributed by atoms with Crippen molar-refractivity contribution in [3.63, 3.8) is 0 Å². The molecule has 0 aliphatic carbocycles. The van der Waals surface area contributed by atoms with Gasteiger partial charge in [-0.15, -0.1) is 0 Å². The van der Waals surface area contributed by atoms with Crippen LogP contribution in [0.5, 0.6) is 11.5 Å². The van der Waals surface area contributed by atoms with Gasteiger partial charge >= 0.3 is 0 Å². The first-order chi connectivity index (χ1) is 32.3. The number of fused-ring (bicyclic) bond motifs is 7. The highest BCUT2D eigenvalue weighted by atomic mass is 16.5. The standard InChI is InChI=1S/C59H41N5O2/c1-59(2,3)41-29-30-61-57(33-41)64-51-21-6-4-17-47(51)48-27-26-44(35-54(48)64)65-43-16-11-15-42(34-43)62-37-63(53-23-8-7-22-52(53)62)58-45(39-14-10-13-38(31-39)36-60)19-12-20-46(58)40-25-28-56-50(32-40)49-18-5-9-24-55(49)66-56/h4-35H,1-3H3. The van der Waals surface area contributed by atoms with Gasteiger partial charge in [-0.1, -0.05) is 124 Å². The molecule has 0 saturated heterocycles. The second-order valence-electron chi connectivity index (χ2n) is 17.7. The summed E-state index contributed by atoms with van der Waals surface area (Å²) in [5.74, 6) is 2.27. The van der Waals surface area contributed by atoms with Crippen LogP contribution in [0.2, 0.25) is 0 Å². The lowest BCUT2D eigenvalue weighted by Gasteiger charge is -2.20. The Morgan fingerprint density at radius 3 is 2.15 bits per heavy atom. The molecule has 314 valence electrons. The van der Waals surface area contributed by atoms with Crippen molar-refractivity contribution in [2.75, 3.05) is 0 Å². The average Bonchev–Trinajstić information content (AvgIpc) is 4.03. The third kappa shape index (κ3) is 6.50. The summed E-state index contributed by atoms with van der Waals surface area (Å²) in [6.07, 6.45) is 5.69. The molecule has 0 aliphatic rings.